The molecule has 10 nitrogen and oxygen atoms in total. The molecule has 1 heterocycles. The highest BCUT2D eigenvalue weighted by Crippen LogP contribution is 2.39. The summed E-state index contributed by atoms with van der Waals surface area (Å²) in [5.74, 6) is 0.198. The second kappa shape index (κ2) is 8.52. The molecule has 0 saturated heterocycles. The molecule has 0 aliphatic heterocycles. The zero-order valence-electron chi connectivity index (χ0n) is 16.8. The fourth-order valence-electron chi connectivity index (χ4n) is 2.80. The highest BCUT2D eigenvalue weighted by atomic mass is 16.5. The molecule has 0 unspecified atom stereocenters. The number of para-hydroxylation sites is 1. The molecule has 0 fully saturated rings. The predicted octanol–water partition coefficient (Wildman–Crippen LogP) is 1.21. The van der Waals surface area contributed by atoms with Crippen molar-refractivity contribution in [1.82, 2.24) is 14.3 Å². The molecule has 2 aromatic carbocycles. The highest BCUT2D eigenvalue weighted by molar-refractivity contribution is 6.02. The van der Waals surface area contributed by atoms with Gasteiger partial charge in [-0.3, -0.25) is 14.2 Å². The first-order valence-corrected chi connectivity index (χ1v) is 8.78. The molecule has 10 heteroatoms. The second-order valence-electron chi connectivity index (χ2n) is 6.11. The number of rotatable bonds is 6. The molecule has 3 rings (SSSR count). The number of carbonyl (C=O) groups excluding carboxylic acids is 1. The van der Waals surface area contributed by atoms with Gasteiger partial charge < -0.3 is 19.5 Å². The van der Waals surface area contributed by atoms with E-state index >= 15 is 0 Å². The molecule has 3 aromatic rings. The third kappa shape index (κ3) is 3.75. The summed E-state index contributed by atoms with van der Waals surface area (Å²) in [5.41, 5.74) is -1.24. The van der Waals surface area contributed by atoms with Crippen LogP contribution in [0.15, 0.2) is 52.1 Å². The lowest BCUT2D eigenvalue weighted by atomic mass is 10.2. The van der Waals surface area contributed by atoms with Gasteiger partial charge in [-0.2, -0.15) is 9.78 Å². The van der Waals surface area contributed by atoms with E-state index < -0.39 is 22.9 Å². The molecule has 0 aliphatic rings. The summed E-state index contributed by atoms with van der Waals surface area (Å²) >= 11 is 0. The van der Waals surface area contributed by atoms with Crippen molar-refractivity contribution >= 4 is 11.6 Å². The van der Waals surface area contributed by atoms with Crippen molar-refractivity contribution in [2.45, 2.75) is 0 Å². The molecule has 1 amide bonds. The number of carbonyl (C=O) groups is 1. The number of nitrogens with one attached hydrogen (secondary N) is 1. The van der Waals surface area contributed by atoms with Crippen molar-refractivity contribution in [2.75, 3.05) is 26.6 Å². The Balaban J connectivity index is 2.05. The van der Waals surface area contributed by atoms with Crippen molar-refractivity contribution in [1.29, 1.82) is 0 Å². The van der Waals surface area contributed by atoms with E-state index in [2.05, 4.69) is 10.4 Å². The predicted molar refractivity (Wildman–Crippen MR) is 109 cm³/mol. The Morgan fingerprint density at radius 3 is 2.10 bits per heavy atom. The van der Waals surface area contributed by atoms with Crippen LogP contribution in [-0.4, -0.2) is 41.6 Å². The zero-order valence-corrected chi connectivity index (χ0v) is 16.8. The van der Waals surface area contributed by atoms with Crippen LogP contribution in [-0.2, 0) is 7.05 Å². The number of aromatic nitrogens is 3. The Labute approximate surface area is 171 Å². The summed E-state index contributed by atoms with van der Waals surface area (Å²) in [4.78, 5) is 37.8. The highest BCUT2D eigenvalue weighted by Gasteiger charge is 2.20. The minimum absolute atomic E-state index is 0.288. The molecule has 0 radical (unpaired) electrons. The Morgan fingerprint density at radius 1 is 0.967 bits per heavy atom. The van der Waals surface area contributed by atoms with E-state index in [0.717, 1.165) is 9.25 Å². The number of hydrogen-bond acceptors (Lipinski definition) is 7. The summed E-state index contributed by atoms with van der Waals surface area (Å²) in [6, 6.07) is 11.5. The van der Waals surface area contributed by atoms with Gasteiger partial charge in [0, 0.05) is 24.9 Å². The van der Waals surface area contributed by atoms with Gasteiger partial charge in [0.1, 0.15) is 0 Å². The van der Waals surface area contributed by atoms with E-state index in [1.54, 1.807) is 30.3 Å². The molecule has 1 N–H and O–H groups in total. The van der Waals surface area contributed by atoms with Crippen molar-refractivity contribution in [3.8, 4) is 22.9 Å². The zero-order chi connectivity index (χ0) is 21.8. The number of amides is 1. The van der Waals surface area contributed by atoms with E-state index in [9.17, 15) is 14.4 Å². The molecular formula is C20H20N4O6. The van der Waals surface area contributed by atoms with Gasteiger partial charge in [0.15, 0.2) is 11.5 Å². The van der Waals surface area contributed by atoms with Gasteiger partial charge in [0.25, 0.3) is 11.5 Å². The molecule has 0 saturated carbocycles. The van der Waals surface area contributed by atoms with Crippen molar-refractivity contribution in [3.05, 3.63) is 69.0 Å². The maximum absolute atomic E-state index is 12.8. The van der Waals surface area contributed by atoms with Crippen LogP contribution < -0.4 is 30.8 Å². The van der Waals surface area contributed by atoms with E-state index in [-0.39, 0.29) is 5.69 Å². The maximum Gasteiger partial charge on any atom is 0.351 e. The quantitative estimate of drug-likeness (QED) is 0.647. The van der Waals surface area contributed by atoms with Crippen LogP contribution in [0.2, 0.25) is 0 Å². The van der Waals surface area contributed by atoms with Crippen molar-refractivity contribution in [2.24, 2.45) is 7.05 Å². The first kappa shape index (κ1) is 20.6. The van der Waals surface area contributed by atoms with E-state index in [1.807, 2.05) is 0 Å². The van der Waals surface area contributed by atoms with E-state index in [0.29, 0.717) is 22.9 Å². The van der Waals surface area contributed by atoms with Gasteiger partial charge in [-0.15, -0.1) is 0 Å². The Kier molecular flexibility index (Phi) is 5.86. The number of anilines is 1. The van der Waals surface area contributed by atoms with Gasteiger partial charge in [0.2, 0.25) is 11.4 Å². The summed E-state index contributed by atoms with van der Waals surface area (Å²) in [7, 11) is 5.62. The normalized spacial score (nSPS) is 10.4. The number of benzene rings is 2. The summed E-state index contributed by atoms with van der Waals surface area (Å²) in [6.45, 7) is 0. The molecular weight excluding hydrogens is 392 g/mol. The Hall–Kier alpha value is -4.08. The van der Waals surface area contributed by atoms with Gasteiger partial charge in [-0.1, -0.05) is 18.2 Å². The first-order valence-electron chi connectivity index (χ1n) is 8.78. The van der Waals surface area contributed by atoms with Gasteiger partial charge in [-0.05, 0) is 12.1 Å². The largest absolute Gasteiger partial charge is 0.493 e. The fourth-order valence-corrected chi connectivity index (χ4v) is 2.80. The molecule has 30 heavy (non-hydrogen) atoms. The van der Waals surface area contributed by atoms with E-state index in [4.69, 9.17) is 14.2 Å². The molecule has 1 aromatic heterocycles. The standard InChI is InChI=1S/C20H20N4O6/c1-23-19(26)16(22-24(20(23)27)13-8-6-5-7-9-13)18(25)21-12-10-14(28-2)17(30-4)15(11-12)29-3/h5-11H,1-4H3,(H,21,25). The number of ether oxygens (including phenoxy) is 3. The van der Waals surface area contributed by atoms with Gasteiger partial charge in [-0.25, -0.2) is 4.79 Å². The summed E-state index contributed by atoms with van der Waals surface area (Å²) < 4.78 is 17.6. The molecule has 0 bridgehead atoms. The average molecular weight is 412 g/mol. The lowest BCUT2D eigenvalue weighted by molar-refractivity contribution is 0.101. The van der Waals surface area contributed by atoms with Gasteiger partial charge in [0.05, 0.1) is 27.0 Å². The Morgan fingerprint density at radius 2 is 1.57 bits per heavy atom. The van der Waals surface area contributed by atoms with Gasteiger partial charge >= 0.3 is 5.69 Å². The van der Waals surface area contributed by atoms with Crippen LogP contribution >= 0.6 is 0 Å². The molecule has 0 aliphatic carbocycles. The van der Waals surface area contributed by atoms with Crippen LogP contribution in [0.3, 0.4) is 0 Å². The molecule has 156 valence electrons. The van der Waals surface area contributed by atoms with E-state index in [1.165, 1.54) is 40.5 Å². The first-order chi connectivity index (χ1) is 14.4. The third-order valence-corrected chi connectivity index (χ3v) is 4.31. The lowest BCUT2D eigenvalue weighted by Crippen LogP contribution is -2.43. The minimum atomic E-state index is -0.822. The van der Waals surface area contributed by atoms with Crippen molar-refractivity contribution in [3.63, 3.8) is 0 Å². The smallest absolute Gasteiger partial charge is 0.351 e. The molecule has 0 spiro atoms. The van der Waals surface area contributed by atoms with Crippen molar-refractivity contribution < 1.29 is 19.0 Å². The SMILES string of the molecule is COc1cc(NC(=O)c2nn(-c3ccccc3)c(=O)n(C)c2=O)cc(OC)c1OC. The lowest BCUT2D eigenvalue weighted by Gasteiger charge is -2.14. The Bertz CT molecular complexity index is 1180. The number of nitrogens with zero attached hydrogens (tertiary/aromatic N) is 3. The van der Waals surface area contributed by atoms with Crippen LogP contribution in [0.5, 0.6) is 17.2 Å². The average Bonchev–Trinajstić information content (AvgIpc) is 2.77. The van der Waals surface area contributed by atoms with Crippen LogP contribution in [0.1, 0.15) is 10.5 Å². The third-order valence-electron chi connectivity index (χ3n) is 4.31. The summed E-state index contributed by atoms with van der Waals surface area (Å²) in [6.07, 6.45) is 0. The number of methoxy groups -OCH3 is 3. The topological polar surface area (TPSA) is 114 Å². The second-order valence-corrected chi connectivity index (χ2v) is 6.11. The van der Waals surface area contributed by atoms with Crippen LogP contribution in [0.4, 0.5) is 5.69 Å². The summed E-state index contributed by atoms with van der Waals surface area (Å²) in [5, 5.41) is 6.57. The van der Waals surface area contributed by atoms with Crippen LogP contribution in [0.25, 0.3) is 5.69 Å². The number of hydrogen-bond donors (Lipinski definition) is 1. The molecule has 0 atom stereocenters. The van der Waals surface area contributed by atoms with Crippen LogP contribution in [0, 0.1) is 0 Å². The minimum Gasteiger partial charge on any atom is -0.493 e. The maximum atomic E-state index is 12.8. The monoisotopic (exact) mass is 412 g/mol. The fraction of sp³-hybridized carbons (Fsp3) is 0.200.